The lowest BCUT2D eigenvalue weighted by Crippen LogP contribution is -2.48. The third-order valence-corrected chi connectivity index (χ3v) is 5.13. The molecule has 2 aromatic rings. The van der Waals surface area contributed by atoms with Crippen molar-refractivity contribution in [2.45, 2.75) is 51.7 Å². The van der Waals surface area contributed by atoms with Crippen LogP contribution in [-0.2, 0) is 11.2 Å². The van der Waals surface area contributed by atoms with Gasteiger partial charge in [-0.3, -0.25) is 14.9 Å². The molecule has 0 radical (unpaired) electrons. The average molecular weight is 384 g/mol. The Morgan fingerprint density at radius 1 is 1.29 bits per heavy atom. The molecule has 2 N–H and O–H groups in total. The van der Waals surface area contributed by atoms with Crippen LogP contribution in [0, 0.1) is 17.0 Å². The van der Waals surface area contributed by atoms with Crippen LogP contribution in [0.3, 0.4) is 0 Å². The maximum Gasteiger partial charge on any atom is 0.296 e. The van der Waals surface area contributed by atoms with Crippen molar-refractivity contribution >= 4 is 17.3 Å². The molecule has 0 bridgehead atoms. The number of hydrogen-bond donors (Lipinski definition) is 2. The van der Waals surface area contributed by atoms with Crippen LogP contribution in [0.4, 0.5) is 11.4 Å². The molecule has 2 aromatic carbocycles. The summed E-state index contributed by atoms with van der Waals surface area (Å²) in [4.78, 5) is 23.4. The van der Waals surface area contributed by atoms with Gasteiger partial charge in [0.2, 0.25) is 5.91 Å². The minimum atomic E-state index is -0.865. The van der Waals surface area contributed by atoms with Gasteiger partial charge in [0.1, 0.15) is 17.0 Å². The first-order chi connectivity index (χ1) is 13.1. The predicted octanol–water partition coefficient (Wildman–Crippen LogP) is 3.72. The van der Waals surface area contributed by atoms with Gasteiger partial charge in [-0.05, 0) is 32.4 Å². The minimum absolute atomic E-state index is 0.100. The fourth-order valence-corrected chi connectivity index (χ4v) is 3.48. The largest absolute Gasteiger partial charge is 0.485 e. The van der Waals surface area contributed by atoms with E-state index in [0.717, 1.165) is 11.1 Å². The Balaban J connectivity index is 1.91. The van der Waals surface area contributed by atoms with Gasteiger partial charge in [0.05, 0.1) is 23.5 Å². The van der Waals surface area contributed by atoms with E-state index in [1.165, 1.54) is 12.1 Å². The number of rotatable bonds is 4. The van der Waals surface area contributed by atoms with E-state index in [1.807, 2.05) is 38.1 Å². The Kier molecular flexibility index (Phi) is 5.12. The molecule has 1 aliphatic rings. The van der Waals surface area contributed by atoms with Gasteiger partial charge in [-0.15, -0.1) is 0 Å². The predicted molar refractivity (Wildman–Crippen MR) is 106 cm³/mol. The zero-order chi connectivity index (χ0) is 20.6. The summed E-state index contributed by atoms with van der Waals surface area (Å²) in [7, 11) is 0. The lowest BCUT2D eigenvalue weighted by Gasteiger charge is -2.41. The van der Waals surface area contributed by atoms with Gasteiger partial charge < -0.3 is 15.2 Å². The molecule has 148 valence electrons. The van der Waals surface area contributed by atoms with Crippen LogP contribution in [0.5, 0.6) is 5.75 Å². The van der Waals surface area contributed by atoms with Gasteiger partial charge in [-0.25, -0.2) is 0 Å². The Morgan fingerprint density at radius 2 is 1.93 bits per heavy atom. The summed E-state index contributed by atoms with van der Waals surface area (Å²) in [6.45, 7) is 7.26. The van der Waals surface area contributed by atoms with E-state index in [1.54, 1.807) is 13.8 Å². The molecule has 0 aliphatic carbocycles. The molecule has 0 saturated carbocycles. The van der Waals surface area contributed by atoms with Crippen LogP contribution >= 0.6 is 0 Å². The summed E-state index contributed by atoms with van der Waals surface area (Å²) in [6, 6.07) is 10.4. The number of benzene rings is 2. The number of fused-ring (bicyclic) bond motifs is 1. The Morgan fingerprint density at radius 3 is 2.54 bits per heavy atom. The van der Waals surface area contributed by atoms with Gasteiger partial charge in [0.15, 0.2) is 0 Å². The van der Waals surface area contributed by atoms with E-state index in [9.17, 15) is 20.0 Å². The molecule has 0 fully saturated rings. The second-order valence-corrected chi connectivity index (χ2v) is 7.81. The third-order valence-electron chi connectivity index (χ3n) is 5.13. The first-order valence-electron chi connectivity index (χ1n) is 9.13. The van der Waals surface area contributed by atoms with Gasteiger partial charge in [-0.2, -0.15) is 0 Å². The van der Waals surface area contributed by atoms with E-state index in [4.69, 9.17) is 4.74 Å². The van der Waals surface area contributed by atoms with E-state index >= 15 is 0 Å². The number of nitro benzene ring substituents is 1. The number of carbonyl (C=O) groups is 1. The molecule has 0 aromatic heterocycles. The van der Waals surface area contributed by atoms with Gasteiger partial charge in [0, 0.05) is 11.5 Å². The molecule has 2 atom stereocenters. The van der Waals surface area contributed by atoms with Gasteiger partial charge in [0.25, 0.3) is 5.69 Å². The van der Waals surface area contributed by atoms with Crippen LogP contribution in [0.2, 0.25) is 0 Å². The molecule has 28 heavy (non-hydrogen) atoms. The summed E-state index contributed by atoms with van der Waals surface area (Å²) in [5, 5.41) is 24.7. The third kappa shape index (κ3) is 3.84. The fourth-order valence-electron chi connectivity index (χ4n) is 3.48. The second-order valence-electron chi connectivity index (χ2n) is 7.81. The van der Waals surface area contributed by atoms with Gasteiger partial charge >= 0.3 is 0 Å². The number of aryl methyl sites for hydroxylation is 1. The molecule has 1 heterocycles. The Hall–Kier alpha value is -2.93. The number of amides is 1. The molecule has 0 saturated heterocycles. The molecular weight excluding hydrogens is 360 g/mol. The molecule has 7 heteroatoms. The van der Waals surface area contributed by atoms with Crippen molar-refractivity contribution in [1.82, 2.24) is 0 Å². The molecule has 1 amide bonds. The quantitative estimate of drug-likeness (QED) is 0.618. The molecule has 1 aliphatic heterocycles. The smallest absolute Gasteiger partial charge is 0.296 e. The Bertz CT molecular complexity index is 921. The van der Waals surface area contributed by atoms with Crippen molar-refractivity contribution in [2.24, 2.45) is 0 Å². The van der Waals surface area contributed by atoms with Crippen LogP contribution < -0.4 is 10.1 Å². The summed E-state index contributed by atoms with van der Waals surface area (Å²) in [6.07, 6.45) is -0.673. The monoisotopic (exact) mass is 384 g/mol. The highest BCUT2D eigenvalue weighted by Gasteiger charge is 2.42. The second kappa shape index (κ2) is 7.24. The number of nitrogens with one attached hydrogen (secondary N) is 1. The number of anilines is 1. The van der Waals surface area contributed by atoms with Gasteiger partial charge in [-0.1, -0.05) is 36.8 Å². The highest BCUT2D eigenvalue weighted by atomic mass is 16.6. The Labute approximate surface area is 163 Å². The topological polar surface area (TPSA) is 102 Å². The fraction of sp³-hybridized carbons (Fsp3) is 0.381. The number of hydrogen-bond acceptors (Lipinski definition) is 5. The van der Waals surface area contributed by atoms with Crippen molar-refractivity contribution in [3.8, 4) is 5.75 Å². The summed E-state index contributed by atoms with van der Waals surface area (Å²) < 4.78 is 5.79. The number of aliphatic hydroxyl groups excluding tert-OH is 1. The first-order valence-corrected chi connectivity index (χ1v) is 9.13. The van der Waals surface area contributed by atoms with E-state index < -0.39 is 16.6 Å². The molecule has 0 unspecified atom stereocenters. The standard InChI is InChI=1S/C21H24N2O5/c1-12-5-7-14(8-6-12)9-19(24)22-16-10-15-13(2)20(25)21(3,4)28-18(15)11-17(16)23(26)27/h5-8,10-11,13,20,25H,9H2,1-4H3,(H,22,24)/t13-,20+/m0/s1. The number of ether oxygens (including phenoxy) is 1. The molecule has 3 rings (SSSR count). The van der Waals surface area contributed by atoms with Crippen LogP contribution in [0.1, 0.15) is 43.4 Å². The van der Waals surface area contributed by atoms with E-state index in [-0.39, 0.29) is 29.6 Å². The maximum atomic E-state index is 12.4. The van der Waals surface area contributed by atoms with E-state index in [2.05, 4.69) is 5.32 Å². The molecular formula is C21H24N2O5. The number of aliphatic hydroxyl groups is 1. The van der Waals surface area contributed by atoms with Crippen molar-refractivity contribution in [3.05, 3.63) is 63.2 Å². The van der Waals surface area contributed by atoms with Crippen molar-refractivity contribution in [2.75, 3.05) is 5.32 Å². The zero-order valence-electron chi connectivity index (χ0n) is 16.4. The molecule has 7 nitrogen and oxygen atoms in total. The van der Waals surface area contributed by atoms with Crippen LogP contribution in [0.25, 0.3) is 0 Å². The summed E-state index contributed by atoms with van der Waals surface area (Å²) in [5.74, 6) is -0.296. The van der Waals surface area contributed by atoms with Crippen LogP contribution in [0.15, 0.2) is 36.4 Å². The first kappa shape index (κ1) is 19.8. The van der Waals surface area contributed by atoms with Crippen molar-refractivity contribution in [3.63, 3.8) is 0 Å². The lowest BCUT2D eigenvalue weighted by molar-refractivity contribution is -0.384. The normalized spacial score (nSPS) is 20.0. The average Bonchev–Trinajstić information content (AvgIpc) is 2.61. The van der Waals surface area contributed by atoms with Crippen molar-refractivity contribution in [1.29, 1.82) is 0 Å². The highest BCUT2D eigenvalue weighted by molar-refractivity contribution is 5.95. The summed E-state index contributed by atoms with van der Waals surface area (Å²) >= 11 is 0. The number of nitro groups is 1. The van der Waals surface area contributed by atoms with E-state index in [0.29, 0.717) is 11.3 Å². The number of carbonyl (C=O) groups excluding carboxylic acids is 1. The lowest BCUT2D eigenvalue weighted by atomic mass is 9.82. The SMILES string of the molecule is Cc1ccc(CC(=O)Nc2cc3c(cc2[N+](=O)[O-])OC(C)(C)[C@H](O)[C@H]3C)cc1. The highest BCUT2D eigenvalue weighted by Crippen LogP contribution is 2.45. The maximum absolute atomic E-state index is 12.4. The summed E-state index contributed by atoms with van der Waals surface area (Å²) in [5.41, 5.74) is 1.53. The van der Waals surface area contributed by atoms with Crippen LogP contribution in [-0.4, -0.2) is 27.6 Å². The zero-order valence-corrected chi connectivity index (χ0v) is 16.4. The molecule has 0 spiro atoms. The minimum Gasteiger partial charge on any atom is -0.485 e. The van der Waals surface area contributed by atoms with Crippen molar-refractivity contribution < 1.29 is 19.6 Å². The number of nitrogens with zero attached hydrogens (tertiary/aromatic N) is 1.